The smallest absolute Gasteiger partial charge is 0.416 e. The first-order chi connectivity index (χ1) is 14.7. The molecule has 6 nitrogen and oxygen atoms in total. The Morgan fingerprint density at radius 3 is 2.39 bits per heavy atom. The maximum Gasteiger partial charge on any atom is 0.416 e. The van der Waals surface area contributed by atoms with E-state index in [9.17, 15) is 27.9 Å². The molecule has 0 bridgehead atoms. The number of carbonyl (C=O) groups is 2. The van der Waals surface area contributed by atoms with Gasteiger partial charge in [0.25, 0.3) is 5.91 Å². The SMILES string of the molecule is COC(=O)[C@H](Cc1ccc2ccccc2n1)NC(=O)[C@@H](O)c1ccc(C(F)(F)F)cc1. The van der Waals surface area contributed by atoms with Crippen LogP contribution in [0.2, 0.25) is 0 Å². The van der Waals surface area contributed by atoms with Crippen molar-refractivity contribution in [3.05, 3.63) is 77.5 Å². The van der Waals surface area contributed by atoms with E-state index < -0.39 is 35.8 Å². The number of aliphatic hydroxyl groups is 1. The molecule has 0 spiro atoms. The average molecular weight is 432 g/mol. The molecule has 3 rings (SSSR count). The number of pyridine rings is 1. The van der Waals surface area contributed by atoms with Crippen molar-refractivity contribution in [1.29, 1.82) is 0 Å². The first-order valence-corrected chi connectivity index (χ1v) is 9.27. The predicted molar refractivity (Wildman–Crippen MR) is 106 cm³/mol. The van der Waals surface area contributed by atoms with Gasteiger partial charge in [0.15, 0.2) is 6.10 Å². The highest BCUT2D eigenvalue weighted by molar-refractivity contribution is 5.87. The van der Waals surface area contributed by atoms with E-state index in [4.69, 9.17) is 4.74 Å². The van der Waals surface area contributed by atoms with E-state index in [1.54, 1.807) is 12.1 Å². The van der Waals surface area contributed by atoms with Crippen molar-refractivity contribution in [2.75, 3.05) is 7.11 Å². The molecule has 1 amide bonds. The number of aliphatic hydroxyl groups excluding tert-OH is 1. The maximum absolute atomic E-state index is 12.7. The molecule has 0 saturated carbocycles. The number of methoxy groups -OCH3 is 1. The van der Waals surface area contributed by atoms with Gasteiger partial charge in [0.2, 0.25) is 0 Å². The van der Waals surface area contributed by atoms with Crippen molar-refractivity contribution >= 4 is 22.8 Å². The van der Waals surface area contributed by atoms with Crippen LogP contribution in [0.5, 0.6) is 0 Å². The van der Waals surface area contributed by atoms with E-state index in [1.165, 1.54) is 0 Å². The van der Waals surface area contributed by atoms with Crippen LogP contribution in [0.1, 0.15) is 22.9 Å². The molecule has 0 saturated heterocycles. The summed E-state index contributed by atoms with van der Waals surface area (Å²) in [5.74, 6) is -1.70. The quantitative estimate of drug-likeness (QED) is 0.584. The Hall–Kier alpha value is -3.46. The minimum absolute atomic E-state index is 0.00296. The second-order valence-electron chi connectivity index (χ2n) is 6.81. The second-order valence-corrected chi connectivity index (χ2v) is 6.81. The number of hydrogen-bond donors (Lipinski definition) is 2. The van der Waals surface area contributed by atoms with E-state index in [2.05, 4.69) is 10.3 Å². The third-order valence-corrected chi connectivity index (χ3v) is 4.67. The summed E-state index contributed by atoms with van der Waals surface area (Å²) in [5, 5.41) is 13.5. The molecule has 31 heavy (non-hydrogen) atoms. The molecule has 2 N–H and O–H groups in total. The lowest BCUT2D eigenvalue weighted by atomic mass is 10.0. The van der Waals surface area contributed by atoms with Gasteiger partial charge in [-0.1, -0.05) is 36.4 Å². The number of alkyl halides is 3. The molecule has 0 aliphatic heterocycles. The van der Waals surface area contributed by atoms with Crippen molar-refractivity contribution in [2.24, 2.45) is 0 Å². The fraction of sp³-hybridized carbons (Fsp3) is 0.227. The number of ether oxygens (including phenoxy) is 1. The number of fused-ring (bicyclic) bond motifs is 1. The molecule has 2 aromatic carbocycles. The number of benzene rings is 2. The number of nitrogens with one attached hydrogen (secondary N) is 1. The van der Waals surface area contributed by atoms with Crippen molar-refractivity contribution < 1.29 is 32.6 Å². The molecule has 2 atom stereocenters. The monoisotopic (exact) mass is 432 g/mol. The van der Waals surface area contributed by atoms with Gasteiger partial charge in [-0.3, -0.25) is 9.78 Å². The zero-order chi connectivity index (χ0) is 22.6. The largest absolute Gasteiger partial charge is 0.467 e. The fourth-order valence-electron chi connectivity index (χ4n) is 3.02. The first kappa shape index (κ1) is 22.2. The summed E-state index contributed by atoms with van der Waals surface area (Å²) in [6.07, 6.45) is -6.30. The summed E-state index contributed by atoms with van der Waals surface area (Å²) in [5.41, 5.74) is 0.273. The number of para-hydroxylation sites is 1. The molecular weight excluding hydrogens is 413 g/mol. The van der Waals surface area contributed by atoms with Gasteiger partial charge in [0.1, 0.15) is 6.04 Å². The predicted octanol–water partition coefficient (Wildman–Crippen LogP) is 3.19. The molecule has 1 aromatic heterocycles. The topological polar surface area (TPSA) is 88.5 Å². The van der Waals surface area contributed by atoms with Crippen LogP contribution in [-0.4, -0.2) is 35.1 Å². The molecule has 0 aliphatic rings. The van der Waals surface area contributed by atoms with Crippen LogP contribution < -0.4 is 5.32 Å². The Balaban J connectivity index is 1.75. The second kappa shape index (κ2) is 9.13. The molecule has 3 aromatic rings. The molecular formula is C22H19F3N2O4. The Bertz CT molecular complexity index is 1080. The average Bonchev–Trinajstić information content (AvgIpc) is 2.77. The van der Waals surface area contributed by atoms with Crippen LogP contribution >= 0.6 is 0 Å². The summed E-state index contributed by atoms with van der Waals surface area (Å²) in [7, 11) is 1.15. The Morgan fingerprint density at radius 2 is 1.74 bits per heavy atom. The van der Waals surface area contributed by atoms with E-state index in [0.29, 0.717) is 11.2 Å². The number of rotatable bonds is 6. The minimum Gasteiger partial charge on any atom is -0.467 e. The number of halogens is 3. The van der Waals surface area contributed by atoms with E-state index in [-0.39, 0.29) is 12.0 Å². The van der Waals surface area contributed by atoms with Crippen molar-refractivity contribution in [1.82, 2.24) is 10.3 Å². The summed E-state index contributed by atoms with van der Waals surface area (Å²) in [6, 6.07) is 13.3. The third kappa shape index (κ3) is 5.37. The number of hydrogen-bond acceptors (Lipinski definition) is 5. The lowest BCUT2D eigenvalue weighted by Crippen LogP contribution is -2.45. The molecule has 0 radical (unpaired) electrons. The van der Waals surface area contributed by atoms with Gasteiger partial charge in [-0.15, -0.1) is 0 Å². The molecule has 9 heteroatoms. The van der Waals surface area contributed by atoms with Gasteiger partial charge in [0, 0.05) is 17.5 Å². The summed E-state index contributed by atoms with van der Waals surface area (Å²) in [4.78, 5) is 29.1. The van der Waals surface area contributed by atoms with Crippen molar-refractivity contribution in [3.63, 3.8) is 0 Å². The van der Waals surface area contributed by atoms with Gasteiger partial charge < -0.3 is 15.2 Å². The van der Waals surface area contributed by atoms with Gasteiger partial charge in [-0.25, -0.2) is 4.79 Å². The summed E-state index contributed by atoms with van der Waals surface area (Å²) in [6.45, 7) is 0. The number of carbonyl (C=O) groups excluding carboxylic acids is 2. The van der Waals surface area contributed by atoms with Crippen molar-refractivity contribution in [3.8, 4) is 0 Å². The van der Waals surface area contributed by atoms with Crippen LogP contribution in [0.15, 0.2) is 60.7 Å². The standard InChI is InChI=1S/C22H19F3N2O4/c1-31-21(30)18(12-16-11-8-13-4-2-3-5-17(13)26-16)27-20(29)19(28)14-6-9-15(10-7-14)22(23,24)25/h2-11,18-19,28H,12H2,1H3,(H,27,29)/t18-,19-/m0/s1. The zero-order valence-electron chi connectivity index (χ0n) is 16.4. The molecule has 162 valence electrons. The van der Waals surface area contributed by atoms with Crippen LogP contribution in [0.4, 0.5) is 13.2 Å². The van der Waals surface area contributed by atoms with Gasteiger partial charge in [-0.05, 0) is 29.8 Å². The number of esters is 1. The van der Waals surface area contributed by atoms with Crippen LogP contribution in [0.25, 0.3) is 10.9 Å². The molecule has 0 fully saturated rings. The summed E-state index contributed by atoms with van der Waals surface area (Å²) < 4.78 is 42.8. The number of amides is 1. The normalized spacial score (nSPS) is 13.5. The fourth-order valence-corrected chi connectivity index (χ4v) is 3.02. The van der Waals surface area contributed by atoms with Crippen LogP contribution in [0.3, 0.4) is 0 Å². The Morgan fingerprint density at radius 1 is 1.06 bits per heavy atom. The van der Waals surface area contributed by atoms with E-state index in [0.717, 1.165) is 36.8 Å². The van der Waals surface area contributed by atoms with Gasteiger partial charge in [0.05, 0.1) is 18.2 Å². The first-order valence-electron chi connectivity index (χ1n) is 9.27. The lowest BCUT2D eigenvalue weighted by molar-refractivity contribution is -0.146. The molecule has 1 heterocycles. The Kier molecular flexibility index (Phi) is 6.55. The number of aromatic nitrogens is 1. The minimum atomic E-state index is -4.53. The zero-order valence-corrected chi connectivity index (χ0v) is 16.4. The lowest BCUT2D eigenvalue weighted by Gasteiger charge is -2.19. The Labute approximate surface area is 175 Å². The molecule has 0 unspecified atom stereocenters. The highest BCUT2D eigenvalue weighted by Gasteiger charge is 2.31. The number of nitrogens with zero attached hydrogens (tertiary/aromatic N) is 1. The van der Waals surface area contributed by atoms with E-state index in [1.807, 2.05) is 24.3 Å². The van der Waals surface area contributed by atoms with Crippen LogP contribution in [-0.2, 0) is 26.9 Å². The summed E-state index contributed by atoms with van der Waals surface area (Å²) >= 11 is 0. The van der Waals surface area contributed by atoms with Gasteiger partial charge >= 0.3 is 12.1 Å². The van der Waals surface area contributed by atoms with Gasteiger partial charge in [-0.2, -0.15) is 13.2 Å². The van der Waals surface area contributed by atoms with Crippen LogP contribution in [0, 0.1) is 0 Å². The third-order valence-electron chi connectivity index (χ3n) is 4.67. The van der Waals surface area contributed by atoms with E-state index >= 15 is 0 Å². The maximum atomic E-state index is 12.7. The highest BCUT2D eigenvalue weighted by atomic mass is 19.4. The highest BCUT2D eigenvalue weighted by Crippen LogP contribution is 2.30. The molecule has 0 aliphatic carbocycles. The van der Waals surface area contributed by atoms with Crippen molar-refractivity contribution in [2.45, 2.75) is 24.7 Å².